The van der Waals surface area contributed by atoms with E-state index in [1.54, 1.807) is 29.2 Å². The van der Waals surface area contributed by atoms with Gasteiger partial charge in [0, 0.05) is 35.2 Å². The van der Waals surface area contributed by atoms with Crippen LogP contribution >= 0.6 is 0 Å². The summed E-state index contributed by atoms with van der Waals surface area (Å²) in [5, 5.41) is 18.6. The minimum Gasteiger partial charge on any atom is -0.387 e. The number of halogens is 2. The van der Waals surface area contributed by atoms with Gasteiger partial charge in [0.1, 0.15) is 11.7 Å². The molecule has 1 fully saturated rings. The highest BCUT2D eigenvalue weighted by Crippen LogP contribution is 2.49. The molecule has 0 bridgehead atoms. The van der Waals surface area contributed by atoms with Crippen molar-refractivity contribution in [2.24, 2.45) is 5.92 Å². The minimum atomic E-state index is -2.93. The third kappa shape index (κ3) is 3.38. The number of fused-ring (bicyclic) bond motifs is 3. The van der Waals surface area contributed by atoms with Gasteiger partial charge in [-0.05, 0) is 43.2 Å². The van der Waals surface area contributed by atoms with Gasteiger partial charge in [-0.3, -0.25) is 9.78 Å². The zero-order chi connectivity index (χ0) is 22.6. The molecule has 1 aliphatic rings. The molecule has 2 atom stereocenters. The maximum absolute atomic E-state index is 13.2. The van der Waals surface area contributed by atoms with Gasteiger partial charge in [-0.2, -0.15) is 5.10 Å². The average molecular weight is 437 g/mol. The summed E-state index contributed by atoms with van der Waals surface area (Å²) in [4.78, 5) is 20.7. The van der Waals surface area contributed by atoms with Crippen LogP contribution in [0.3, 0.4) is 0 Å². The number of aromatic nitrogens is 4. The Balaban J connectivity index is 1.56. The van der Waals surface area contributed by atoms with E-state index >= 15 is 0 Å². The fourth-order valence-corrected chi connectivity index (χ4v) is 3.92. The summed E-state index contributed by atoms with van der Waals surface area (Å²) in [7, 11) is 0. The van der Waals surface area contributed by atoms with Crippen molar-refractivity contribution < 1.29 is 18.7 Å². The van der Waals surface area contributed by atoms with Crippen LogP contribution in [0.1, 0.15) is 37.1 Å². The Bertz CT molecular complexity index is 1370. The van der Waals surface area contributed by atoms with Crippen LogP contribution < -0.4 is 5.32 Å². The van der Waals surface area contributed by atoms with Gasteiger partial charge < -0.3 is 10.4 Å². The number of amides is 1. The molecule has 4 heterocycles. The van der Waals surface area contributed by atoms with E-state index in [0.717, 1.165) is 33.1 Å². The normalized spacial score (nSPS) is 18.1. The molecule has 0 spiro atoms. The molecule has 0 aromatic carbocycles. The Hall–Kier alpha value is -3.46. The van der Waals surface area contributed by atoms with Crippen molar-refractivity contribution >= 4 is 28.0 Å². The number of carbonyl (C=O) groups excluding carboxylic acids is 1. The van der Waals surface area contributed by atoms with E-state index < -0.39 is 30.3 Å². The molecule has 1 aliphatic carbocycles. The zero-order valence-electron chi connectivity index (χ0n) is 17.5. The van der Waals surface area contributed by atoms with Gasteiger partial charge in [-0.15, -0.1) is 0 Å². The summed E-state index contributed by atoms with van der Waals surface area (Å²) >= 11 is 0. The van der Waals surface area contributed by atoms with E-state index in [1.807, 2.05) is 32.0 Å². The lowest BCUT2D eigenvalue weighted by Crippen LogP contribution is -2.18. The van der Waals surface area contributed by atoms with Crippen molar-refractivity contribution in [2.75, 3.05) is 5.32 Å². The number of hydrogen-bond acceptors (Lipinski definition) is 5. The number of aliphatic hydroxyl groups is 1. The maximum Gasteiger partial charge on any atom is 0.260 e. The first-order valence-corrected chi connectivity index (χ1v) is 10.4. The number of nitrogens with one attached hydrogen (secondary N) is 1. The van der Waals surface area contributed by atoms with Crippen LogP contribution in [0.2, 0.25) is 0 Å². The summed E-state index contributed by atoms with van der Waals surface area (Å²) in [5.74, 6) is -4.72. The van der Waals surface area contributed by atoms with E-state index in [4.69, 9.17) is 0 Å². The number of hydrogen-bond donors (Lipinski definition) is 2. The Morgan fingerprint density at radius 1 is 1.31 bits per heavy atom. The quantitative estimate of drug-likeness (QED) is 0.486. The van der Waals surface area contributed by atoms with E-state index in [-0.39, 0.29) is 5.82 Å². The molecule has 1 amide bonds. The number of nitrogens with zero attached hydrogens (tertiary/aromatic N) is 4. The average Bonchev–Trinajstić information content (AvgIpc) is 3.18. The zero-order valence-corrected chi connectivity index (χ0v) is 17.5. The van der Waals surface area contributed by atoms with Crippen molar-refractivity contribution in [1.82, 2.24) is 19.6 Å². The summed E-state index contributed by atoms with van der Waals surface area (Å²) in [6.07, 6.45) is 4.53. The fraction of sp³-hybridized carbons (Fsp3) is 0.304. The predicted molar refractivity (Wildman–Crippen MR) is 115 cm³/mol. The van der Waals surface area contributed by atoms with Crippen molar-refractivity contribution in [2.45, 2.75) is 38.7 Å². The molecular formula is C23H21F2N5O2. The lowest BCUT2D eigenvalue weighted by Gasteiger charge is -2.14. The molecule has 4 aromatic rings. The Kier molecular flexibility index (Phi) is 4.67. The van der Waals surface area contributed by atoms with Gasteiger partial charge in [0.05, 0.1) is 29.2 Å². The molecule has 4 aromatic heterocycles. The van der Waals surface area contributed by atoms with Gasteiger partial charge in [-0.25, -0.2) is 18.3 Å². The maximum atomic E-state index is 13.2. The number of aryl methyl sites for hydroxylation is 1. The van der Waals surface area contributed by atoms with Gasteiger partial charge in [0.2, 0.25) is 5.91 Å². The Labute approximate surface area is 182 Å². The third-order valence-electron chi connectivity index (χ3n) is 5.90. The molecule has 0 aliphatic heterocycles. The monoisotopic (exact) mass is 437 g/mol. The first-order chi connectivity index (χ1) is 15.3. The second-order valence-electron chi connectivity index (χ2n) is 8.17. The highest BCUT2D eigenvalue weighted by molar-refractivity contribution is 6.01. The van der Waals surface area contributed by atoms with E-state index in [9.17, 15) is 18.7 Å². The highest BCUT2D eigenvalue weighted by atomic mass is 19.3. The second-order valence-corrected chi connectivity index (χ2v) is 8.17. The molecule has 1 saturated carbocycles. The van der Waals surface area contributed by atoms with E-state index in [1.165, 1.54) is 0 Å². The van der Waals surface area contributed by atoms with Crippen LogP contribution in [0.25, 0.3) is 27.5 Å². The summed E-state index contributed by atoms with van der Waals surface area (Å²) in [6.45, 7) is 3.85. The number of aliphatic hydroxyl groups excluding tert-OH is 1. The van der Waals surface area contributed by atoms with Gasteiger partial charge >= 0.3 is 0 Å². The van der Waals surface area contributed by atoms with Crippen LogP contribution in [0.15, 0.2) is 42.9 Å². The Morgan fingerprint density at radius 2 is 2.09 bits per heavy atom. The molecule has 2 N–H and O–H groups in total. The van der Waals surface area contributed by atoms with Gasteiger partial charge in [0.15, 0.2) is 0 Å². The van der Waals surface area contributed by atoms with Crippen LogP contribution in [-0.4, -0.2) is 36.5 Å². The third-order valence-corrected chi connectivity index (χ3v) is 5.90. The van der Waals surface area contributed by atoms with Crippen LogP contribution in [0, 0.1) is 12.8 Å². The second kappa shape index (κ2) is 7.30. The number of anilines is 1. The smallest absolute Gasteiger partial charge is 0.260 e. The summed E-state index contributed by atoms with van der Waals surface area (Å²) in [5.41, 5.74) is 4.01. The lowest BCUT2D eigenvalue weighted by molar-refractivity contribution is -0.119. The fourth-order valence-electron chi connectivity index (χ4n) is 3.92. The van der Waals surface area contributed by atoms with Crippen molar-refractivity contribution in [3.63, 3.8) is 0 Å². The van der Waals surface area contributed by atoms with Crippen molar-refractivity contribution in [3.8, 4) is 11.3 Å². The lowest BCUT2D eigenvalue weighted by atomic mass is 10.0. The summed E-state index contributed by atoms with van der Waals surface area (Å²) in [6, 6.07) is 7.29. The predicted octanol–water partition coefficient (Wildman–Crippen LogP) is 4.29. The van der Waals surface area contributed by atoms with Gasteiger partial charge in [-0.1, -0.05) is 6.92 Å². The molecule has 5 rings (SSSR count). The van der Waals surface area contributed by atoms with E-state index in [0.29, 0.717) is 12.1 Å². The number of rotatable bonds is 5. The number of pyridine rings is 3. The molecular weight excluding hydrogens is 416 g/mol. The van der Waals surface area contributed by atoms with E-state index in [2.05, 4.69) is 20.4 Å². The summed E-state index contributed by atoms with van der Waals surface area (Å²) < 4.78 is 28.1. The highest BCUT2D eigenvalue weighted by Gasteiger charge is 2.61. The molecule has 7 nitrogen and oxygen atoms in total. The minimum absolute atomic E-state index is 0.219. The molecule has 32 heavy (non-hydrogen) atoms. The number of alkyl halides is 2. The van der Waals surface area contributed by atoms with Crippen LogP contribution in [-0.2, 0) is 4.79 Å². The topological polar surface area (TPSA) is 92.4 Å². The van der Waals surface area contributed by atoms with Crippen molar-refractivity contribution in [1.29, 1.82) is 0 Å². The Morgan fingerprint density at radius 3 is 2.78 bits per heavy atom. The first kappa shape index (κ1) is 20.4. The first-order valence-electron chi connectivity index (χ1n) is 10.4. The van der Waals surface area contributed by atoms with Gasteiger partial charge in [0.25, 0.3) is 5.92 Å². The van der Waals surface area contributed by atoms with Crippen LogP contribution in [0.4, 0.5) is 14.6 Å². The SMILES string of the molecule is CCC(O)c1cc(C)c(-c2cc3cnc(NC(=O)C4CC4(F)F)cc3c3ccnn23)cn1. The largest absolute Gasteiger partial charge is 0.387 e. The number of carbonyl (C=O) groups is 1. The molecule has 0 saturated heterocycles. The van der Waals surface area contributed by atoms with Crippen LogP contribution in [0.5, 0.6) is 0 Å². The molecule has 164 valence electrons. The standard InChI is InChI=1S/C23H21F2N5O2/c1-3-20(31)17-6-12(2)15(11-26-17)19-7-13-10-27-21(29-22(32)16-9-23(16,24)25)8-14(13)18-4-5-28-30(18)19/h4-8,10-11,16,20,31H,3,9H2,1-2H3,(H,27,29,32). The molecule has 0 radical (unpaired) electrons. The molecule has 9 heteroatoms. The molecule has 2 unspecified atom stereocenters. The van der Waals surface area contributed by atoms with Crippen molar-refractivity contribution in [3.05, 3.63) is 54.1 Å².